The van der Waals surface area contributed by atoms with E-state index >= 15 is 0 Å². The van der Waals surface area contributed by atoms with Crippen LogP contribution in [0.3, 0.4) is 0 Å². The van der Waals surface area contributed by atoms with Crippen molar-refractivity contribution >= 4 is 28.9 Å². The normalized spacial score (nSPS) is 17.1. The first-order valence-corrected chi connectivity index (χ1v) is 7.39. The van der Waals surface area contributed by atoms with Crippen LogP contribution in [0.15, 0.2) is 29.2 Å². The lowest BCUT2D eigenvalue weighted by atomic mass is 9.91. The first-order valence-electron chi connectivity index (χ1n) is 6.07. The van der Waals surface area contributed by atoms with Crippen LogP contribution in [-0.4, -0.2) is 23.1 Å². The molecule has 0 unspecified atom stereocenters. The molecule has 0 radical (unpaired) electrons. The maximum atomic E-state index is 5.80. The van der Waals surface area contributed by atoms with Crippen LogP contribution in [0.1, 0.15) is 24.3 Å². The molecular formula is C13H14ClN3S. The van der Waals surface area contributed by atoms with Gasteiger partial charge in [0.2, 0.25) is 5.95 Å². The van der Waals surface area contributed by atoms with E-state index in [2.05, 4.69) is 31.7 Å². The molecular weight excluding hydrogens is 266 g/mol. The lowest BCUT2D eigenvalue weighted by molar-refractivity contribution is 0.500. The number of thiophene rings is 1. The Morgan fingerprint density at radius 2 is 1.94 bits per heavy atom. The molecule has 3 rings (SSSR count). The molecule has 0 amide bonds. The van der Waals surface area contributed by atoms with Crippen molar-refractivity contribution in [2.75, 3.05) is 18.0 Å². The lowest BCUT2D eigenvalue weighted by Gasteiger charge is -2.31. The molecule has 1 aliphatic heterocycles. The fourth-order valence-electron chi connectivity index (χ4n) is 2.39. The molecule has 0 atom stereocenters. The molecule has 94 valence electrons. The second-order valence-corrected chi connectivity index (χ2v) is 5.74. The SMILES string of the molecule is Clc1cnc(N2CCC(c3ccsc3)CC2)nc1. The fraction of sp³-hybridized carbons (Fsp3) is 0.385. The van der Waals surface area contributed by atoms with Crippen molar-refractivity contribution in [3.05, 3.63) is 39.8 Å². The standard InChI is InChI=1S/C13H14ClN3S/c14-12-7-15-13(16-8-12)17-4-1-10(2-5-17)11-3-6-18-9-11/h3,6-10H,1-2,4-5H2. The van der Waals surface area contributed by atoms with E-state index in [-0.39, 0.29) is 0 Å². The minimum absolute atomic E-state index is 0.590. The zero-order chi connectivity index (χ0) is 12.4. The predicted molar refractivity (Wildman–Crippen MR) is 75.5 cm³/mol. The molecule has 18 heavy (non-hydrogen) atoms. The first-order chi connectivity index (χ1) is 8.83. The molecule has 0 saturated carbocycles. The van der Waals surface area contributed by atoms with Crippen molar-refractivity contribution < 1.29 is 0 Å². The summed E-state index contributed by atoms with van der Waals surface area (Å²) in [5.74, 6) is 1.49. The molecule has 0 spiro atoms. The molecule has 1 saturated heterocycles. The first kappa shape index (κ1) is 11.9. The van der Waals surface area contributed by atoms with Gasteiger partial charge in [0.15, 0.2) is 0 Å². The van der Waals surface area contributed by atoms with E-state index in [4.69, 9.17) is 11.6 Å². The number of halogens is 1. The second kappa shape index (κ2) is 5.24. The summed E-state index contributed by atoms with van der Waals surface area (Å²) in [5, 5.41) is 5.01. The van der Waals surface area contributed by atoms with Crippen LogP contribution in [0.2, 0.25) is 5.02 Å². The van der Waals surface area contributed by atoms with Crippen molar-refractivity contribution in [3.8, 4) is 0 Å². The Morgan fingerprint density at radius 3 is 2.56 bits per heavy atom. The van der Waals surface area contributed by atoms with Crippen LogP contribution in [0, 0.1) is 0 Å². The van der Waals surface area contributed by atoms with Gasteiger partial charge >= 0.3 is 0 Å². The molecule has 3 nitrogen and oxygen atoms in total. The summed E-state index contributed by atoms with van der Waals surface area (Å²) >= 11 is 7.58. The summed E-state index contributed by atoms with van der Waals surface area (Å²) in [7, 11) is 0. The Balaban J connectivity index is 1.65. The monoisotopic (exact) mass is 279 g/mol. The third-order valence-corrected chi connectivity index (χ3v) is 4.30. The van der Waals surface area contributed by atoms with Gasteiger partial charge in [-0.3, -0.25) is 0 Å². The number of piperidine rings is 1. The number of rotatable bonds is 2. The molecule has 1 aliphatic rings. The zero-order valence-corrected chi connectivity index (χ0v) is 11.5. The number of aromatic nitrogens is 2. The Kier molecular flexibility index (Phi) is 3.48. The quantitative estimate of drug-likeness (QED) is 0.841. The highest BCUT2D eigenvalue weighted by Gasteiger charge is 2.22. The minimum atomic E-state index is 0.590. The van der Waals surface area contributed by atoms with Gasteiger partial charge in [-0.1, -0.05) is 11.6 Å². The zero-order valence-electron chi connectivity index (χ0n) is 9.92. The van der Waals surface area contributed by atoms with Gasteiger partial charge in [-0.15, -0.1) is 0 Å². The number of hydrogen-bond acceptors (Lipinski definition) is 4. The van der Waals surface area contributed by atoms with E-state index in [1.54, 1.807) is 23.7 Å². The Labute approximate surface area is 115 Å². The highest BCUT2D eigenvalue weighted by molar-refractivity contribution is 7.07. The van der Waals surface area contributed by atoms with Crippen molar-refractivity contribution in [1.29, 1.82) is 0 Å². The predicted octanol–water partition coefficient (Wildman–Crippen LogP) is 3.58. The van der Waals surface area contributed by atoms with E-state index in [9.17, 15) is 0 Å². The Hall–Kier alpha value is -1.13. The molecule has 0 bridgehead atoms. The van der Waals surface area contributed by atoms with Crippen molar-refractivity contribution in [2.24, 2.45) is 0 Å². The molecule has 5 heteroatoms. The van der Waals surface area contributed by atoms with E-state index < -0.39 is 0 Å². The second-order valence-electron chi connectivity index (χ2n) is 4.52. The van der Waals surface area contributed by atoms with E-state index in [0.29, 0.717) is 10.9 Å². The molecule has 0 aromatic carbocycles. The summed E-state index contributed by atoms with van der Waals surface area (Å²) in [6, 6.07) is 2.24. The van der Waals surface area contributed by atoms with Gasteiger partial charge in [0.05, 0.1) is 17.4 Å². The fourth-order valence-corrected chi connectivity index (χ4v) is 3.23. The van der Waals surface area contributed by atoms with Crippen LogP contribution >= 0.6 is 22.9 Å². The smallest absolute Gasteiger partial charge is 0.225 e. The van der Waals surface area contributed by atoms with Crippen LogP contribution in [0.4, 0.5) is 5.95 Å². The van der Waals surface area contributed by atoms with Crippen LogP contribution in [0.25, 0.3) is 0 Å². The van der Waals surface area contributed by atoms with Gasteiger partial charge in [-0.05, 0) is 41.1 Å². The number of hydrogen-bond donors (Lipinski definition) is 0. The Morgan fingerprint density at radius 1 is 1.22 bits per heavy atom. The lowest BCUT2D eigenvalue weighted by Crippen LogP contribution is -2.33. The van der Waals surface area contributed by atoms with Crippen LogP contribution in [0.5, 0.6) is 0 Å². The van der Waals surface area contributed by atoms with E-state index in [0.717, 1.165) is 19.0 Å². The van der Waals surface area contributed by atoms with Crippen molar-refractivity contribution in [1.82, 2.24) is 9.97 Å². The summed E-state index contributed by atoms with van der Waals surface area (Å²) < 4.78 is 0. The molecule has 0 aliphatic carbocycles. The summed E-state index contributed by atoms with van der Waals surface area (Å²) in [6.45, 7) is 2.03. The van der Waals surface area contributed by atoms with Gasteiger partial charge in [0, 0.05) is 13.1 Å². The van der Waals surface area contributed by atoms with Gasteiger partial charge in [0.1, 0.15) is 0 Å². The number of nitrogens with zero attached hydrogens (tertiary/aromatic N) is 3. The molecule has 3 heterocycles. The molecule has 2 aromatic rings. The third kappa shape index (κ3) is 2.49. The molecule has 2 aromatic heterocycles. The van der Waals surface area contributed by atoms with Gasteiger partial charge in [-0.2, -0.15) is 11.3 Å². The molecule has 0 N–H and O–H groups in total. The maximum Gasteiger partial charge on any atom is 0.225 e. The summed E-state index contributed by atoms with van der Waals surface area (Å²) in [6.07, 6.45) is 5.66. The van der Waals surface area contributed by atoms with Gasteiger partial charge in [-0.25, -0.2) is 9.97 Å². The average Bonchev–Trinajstić information content (AvgIpc) is 2.94. The number of anilines is 1. The van der Waals surface area contributed by atoms with Gasteiger partial charge in [0.25, 0.3) is 0 Å². The van der Waals surface area contributed by atoms with E-state index in [1.165, 1.54) is 18.4 Å². The van der Waals surface area contributed by atoms with Crippen molar-refractivity contribution in [2.45, 2.75) is 18.8 Å². The molecule has 1 fully saturated rings. The van der Waals surface area contributed by atoms with Crippen LogP contribution < -0.4 is 4.90 Å². The summed E-state index contributed by atoms with van der Waals surface area (Å²) in [5.41, 5.74) is 1.48. The summed E-state index contributed by atoms with van der Waals surface area (Å²) in [4.78, 5) is 10.8. The van der Waals surface area contributed by atoms with Crippen molar-refractivity contribution in [3.63, 3.8) is 0 Å². The largest absolute Gasteiger partial charge is 0.341 e. The highest BCUT2D eigenvalue weighted by atomic mass is 35.5. The minimum Gasteiger partial charge on any atom is -0.341 e. The van der Waals surface area contributed by atoms with Crippen LogP contribution in [-0.2, 0) is 0 Å². The third-order valence-electron chi connectivity index (χ3n) is 3.40. The Bertz CT molecular complexity index is 489. The maximum absolute atomic E-state index is 5.80. The topological polar surface area (TPSA) is 29.0 Å². The van der Waals surface area contributed by atoms with E-state index in [1.807, 2.05) is 0 Å². The van der Waals surface area contributed by atoms with Gasteiger partial charge < -0.3 is 4.90 Å². The average molecular weight is 280 g/mol. The highest BCUT2D eigenvalue weighted by Crippen LogP contribution is 2.30.